The Hall–Kier alpha value is -2.15. The Kier molecular flexibility index (Phi) is 4.65. The van der Waals surface area contributed by atoms with E-state index in [4.69, 9.17) is 11.6 Å². The first kappa shape index (κ1) is 16.2. The molecule has 1 aromatic rings. The summed E-state index contributed by atoms with van der Waals surface area (Å²) in [6, 6.07) is 2.47. The summed E-state index contributed by atoms with van der Waals surface area (Å²) in [4.78, 5) is 36.5. The van der Waals surface area contributed by atoms with Crippen molar-refractivity contribution >= 4 is 35.1 Å². The van der Waals surface area contributed by atoms with Gasteiger partial charge < -0.3 is 10.6 Å². The Balaban J connectivity index is 2.01. The molecule has 0 aromatic heterocycles. The molecule has 1 fully saturated rings. The van der Waals surface area contributed by atoms with Crippen molar-refractivity contribution in [1.82, 2.24) is 10.2 Å². The monoisotopic (exact) mass is 327 g/mol. The Morgan fingerprint density at radius 2 is 2.14 bits per heavy atom. The highest BCUT2D eigenvalue weighted by Gasteiger charge is 2.40. The molecule has 1 saturated heterocycles. The van der Waals surface area contributed by atoms with Gasteiger partial charge in [0.1, 0.15) is 18.4 Å². The second-order valence-corrected chi connectivity index (χ2v) is 5.68. The van der Waals surface area contributed by atoms with Gasteiger partial charge >= 0.3 is 6.03 Å². The fourth-order valence-corrected chi connectivity index (χ4v) is 2.24. The van der Waals surface area contributed by atoms with E-state index in [-0.39, 0.29) is 16.6 Å². The predicted molar refractivity (Wildman–Crippen MR) is 78.9 cm³/mol. The zero-order valence-electron chi connectivity index (χ0n) is 12.0. The number of carbonyl (C=O) groups excluding carboxylic acids is 3. The van der Waals surface area contributed by atoms with Crippen molar-refractivity contribution in [3.63, 3.8) is 0 Å². The summed E-state index contributed by atoms with van der Waals surface area (Å²) in [5, 5.41) is 4.85. The molecule has 1 aliphatic heterocycles. The minimum atomic E-state index is -0.624. The molecule has 1 aliphatic rings. The smallest absolute Gasteiger partial charge is 0.325 e. The van der Waals surface area contributed by atoms with Crippen molar-refractivity contribution in [3.8, 4) is 0 Å². The summed E-state index contributed by atoms with van der Waals surface area (Å²) in [6.45, 7) is 3.18. The molecule has 0 saturated carbocycles. The number of halogens is 2. The molecule has 4 amide bonds. The van der Waals surface area contributed by atoms with Crippen LogP contribution in [0.4, 0.5) is 14.9 Å². The fourth-order valence-electron chi connectivity index (χ4n) is 2.06. The first-order valence-corrected chi connectivity index (χ1v) is 7.04. The standard InChI is InChI=1S/C14H15ClFN3O3/c1-7(2)12-13(21)19(14(22)18-12)6-11(20)17-8-3-4-10(16)9(15)5-8/h3-5,7,12H,6H2,1-2H3,(H,17,20)(H,18,22)/t12-/m0/s1. The molecule has 22 heavy (non-hydrogen) atoms. The van der Waals surface area contributed by atoms with Crippen molar-refractivity contribution < 1.29 is 18.8 Å². The highest BCUT2D eigenvalue weighted by molar-refractivity contribution is 6.31. The maximum absolute atomic E-state index is 13.0. The molecule has 0 unspecified atom stereocenters. The average molecular weight is 328 g/mol. The number of rotatable bonds is 4. The molecule has 1 aromatic carbocycles. The van der Waals surface area contributed by atoms with Gasteiger partial charge in [0.25, 0.3) is 5.91 Å². The predicted octanol–water partition coefficient (Wildman–Crippen LogP) is 1.99. The minimum Gasteiger partial charge on any atom is -0.326 e. The Morgan fingerprint density at radius 1 is 1.45 bits per heavy atom. The van der Waals surface area contributed by atoms with E-state index in [9.17, 15) is 18.8 Å². The van der Waals surface area contributed by atoms with Crippen molar-refractivity contribution in [2.24, 2.45) is 5.92 Å². The maximum atomic E-state index is 13.0. The third kappa shape index (κ3) is 3.36. The van der Waals surface area contributed by atoms with E-state index in [2.05, 4.69) is 10.6 Å². The number of hydrogen-bond acceptors (Lipinski definition) is 3. The number of carbonyl (C=O) groups is 3. The van der Waals surface area contributed by atoms with Gasteiger partial charge in [-0.2, -0.15) is 0 Å². The van der Waals surface area contributed by atoms with Crippen LogP contribution in [0.5, 0.6) is 0 Å². The molecule has 118 valence electrons. The number of nitrogens with zero attached hydrogens (tertiary/aromatic N) is 1. The number of urea groups is 1. The van der Waals surface area contributed by atoms with Crippen LogP contribution in [0.1, 0.15) is 13.8 Å². The van der Waals surface area contributed by atoms with E-state index in [1.807, 2.05) is 0 Å². The van der Waals surface area contributed by atoms with Crippen LogP contribution in [0.2, 0.25) is 5.02 Å². The lowest BCUT2D eigenvalue weighted by Crippen LogP contribution is -2.39. The second-order valence-electron chi connectivity index (χ2n) is 5.27. The molecule has 2 rings (SSSR count). The van der Waals surface area contributed by atoms with Gasteiger partial charge in [0.05, 0.1) is 5.02 Å². The second kappa shape index (κ2) is 6.31. The van der Waals surface area contributed by atoms with Crippen molar-refractivity contribution in [2.45, 2.75) is 19.9 Å². The first-order valence-electron chi connectivity index (χ1n) is 6.66. The van der Waals surface area contributed by atoms with Crippen molar-refractivity contribution in [3.05, 3.63) is 29.0 Å². The van der Waals surface area contributed by atoms with E-state index in [1.165, 1.54) is 12.1 Å². The van der Waals surface area contributed by atoms with Crippen LogP contribution in [0.25, 0.3) is 0 Å². The van der Waals surface area contributed by atoms with E-state index in [1.54, 1.807) is 13.8 Å². The lowest BCUT2D eigenvalue weighted by atomic mass is 10.1. The van der Waals surface area contributed by atoms with Gasteiger partial charge in [-0.05, 0) is 24.1 Å². The summed E-state index contributed by atoms with van der Waals surface area (Å²) in [5.41, 5.74) is 0.281. The number of nitrogens with one attached hydrogen (secondary N) is 2. The van der Waals surface area contributed by atoms with Gasteiger partial charge in [-0.15, -0.1) is 0 Å². The zero-order valence-corrected chi connectivity index (χ0v) is 12.8. The summed E-state index contributed by atoms with van der Waals surface area (Å²) in [5.74, 6) is -1.68. The van der Waals surface area contributed by atoms with Crippen LogP contribution in [0.3, 0.4) is 0 Å². The Morgan fingerprint density at radius 3 is 2.68 bits per heavy atom. The normalized spacial score (nSPS) is 17.9. The number of benzene rings is 1. The zero-order chi connectivity index (χ0) is 16.4. The highest BCUT2D eigenvalue weighted by Crippen LogP contribution is 2.19. The van der Waals surface area contributed by atoms with E-state index < -0.39 is 36.2 Å². The largest absolute Gasteiger partial charge is 0.326 e. The number of imide groups is 1. The maximum Gasteiger partial charge on any atom is 0.325 e. The van der Waals surface area contributed by atoms with Crippen molar-refractivity contribution in [2.75, 3.05) is 11.9 Å². The molecule has 0 bridgehead atoms. The van der Waals surface area contributed by atoms with Crippen LogP contribution in [-0.2, 0) is 9.59 Å². The molecular formula is C14H15ClFN3O3. The number of anilines is 1. The summed E-state index contributed by atoms with van der Waals surface area (Å²) < 4.78 is 13.0. The van der Waals surface area contributed by atoms with Crippen molar-refractivity contribution in [1.29, 1.82) is 0 Å². The van der Waals surface area contributed by atoms with Gasteiger partial charge in [0, 0.05) is 5.69 Å². The van der Waals surface area contributed by atoms with Crippen LogP contribution in [0.15, 0.2) is 18.2 Å². The minimum absolute atomic E-state index is 0.0691. The molecule has 0 spiro atoms. The lowest BCUT2D eigenvalue weighted by molar-refractivity contribution is -0.131. The molecule has 0 aliphatic carbocycles. The summed E-state index contributed by atoms with van der Waals surface area (Å²) in [7, 11) is 0. The third-order valence-electron chi connectivity index (χ3n) is 3.23. The van der Waals surface area contributed by atoms with Crippen LogP contribution in [-0.4, -0.2) is 35.3 Å². The van der Waals surface area contributed by atoms with Gasteiger partial charge in [-0.25, -0.2) is 9.18 Å². The summed E-state index contributed by atoms with van der Waals surface area (Å²) in [6.07, 6.45) is 0. The van der Waals surface area contributed by atoms with Gasteiger partial charge in [0.15, 0.2) is 0 Å². The molecule has 1 atom stereocenters. The van der Waals surface area contributed by atoms with E-state index in [0.29, 0.717) is 0 Å². The quantitative estimate of drug-likeness (QED) is 0.830. The average Bonchev–Trinajstić information content (AvgIpc) is 2.71. The molecule has 2 N–H and O–H groups in total. The number of amides is 4. The third-order valence-corrected chi connectivity index (χ3v) is 3.52. The van der Waals surface area contributed by atoms with Crippen LogP contribution >= 0.6 is 11.6 Å². The van der Waals surface area contributed by atoms with Gasteiger partial charge in [-0.1, -0.05) is 25.4 Å². The highest BCUT2D eigenvalue weighted by atomic mass is 35.5. The van der Waals surface area contributed by atoms with E-state index >= 15 is 0 Å². The fraction of sp³-hybridized carbons (Fsp3) is 0.357. The topological polar surface area (TPSA) is 78.5 Å². The van der Waals surface area contributed by atoms with E-state index in [0.717, 1.165) is 11.0 Å². The van der Waals surface area contributed by atoms with Gasteiger partial charge in [0.2, 0.25) is 5.91 Å². The number of hydrogen-bond donors (Lipinski definition) is 2. The van der Waals surface area contributed by atoms with Crippen LogP contribution < -0.4 is 10.6 Å². The molecular weight excluding hydrogens is 313 g/mol. The summed E-state index contributed by atoms with van der Waals surface area (Å²) >= 11 is 5.61. The molecule has 1 heterocycles. The SMILES string of the molecule is CC(C)[C@@H]1NC(=O)N(CC(=O)Nc2ccc(F)c(Cl)c2)C1=O. The molecule has 8 heteroatoms. The Bertz CT molecular complexity index is 636. The molecule has 0 radical (unpaired) electrons. The first-order chi connectivity index (χ1) is 10.3. The Labute approximate surface area is 131 Å². The lowest BCUT2D eigenvalue weighted by Gasteiger charge is -2.14. The van der Waals surface area contributed by atoms with Crippen LogP contribution in [0, 0.1) is 11.7 Å². The molecule has 6 nitrogen and oxygen atoms in total. The van der Waals surface area contributed by atoms with Gasteiger partial charge in [-0.3, -0.25) is 14.5 Å².